The van der Waals surface area contributed by atoms with Crippen molar-refractivity contribution in [1.82, 2.24) is 9.78 Å². The minimum absolute atomic E-state index is 0.143. The Balaban J connectivity index is 2.19. The van der Waals surface area contributed by atoms with E-state index in [-0.39, 0.29) is 6.04 Å². The van der Waals surface area contributed by atoms with E-state index in [0.29, 0.717) is 12.8 Å². The number of hydrogen-bond acceptors (Lipinski definition) is 3. The van der Waals surface area contributed by atoms with Gasteiger partial charge in [-0.05, 0) is 25.3 Å². The van der Waals surface area contributed by atoms with Gasteiger partial charge in [-0.3, -0.25) is 4.68 Å². The minimum atomic E-state index is -0.717. The van der Waals surface area contributed by atoms with E-state index in [1.165, 1.54) is 0 Å². The first-order valence-electron chi connectivity index (χ1n) is 5.16. The largest absolute Gasteiger partial charge is 0.383 e. The molecule has 1 aliphatic carbocycles. The number of hydrogen-bond donors (Lipinski definition) is 2. The predicted octanol–water partition coefficient (Wildman–Crippen LogP) is 0.602. The van der Waals surface area contributed by atoms with E-state index < -0.39 is 5.60 Å². The topological polar surface area (TPSA) is 64.1 Å². The van der Waals surface area contributed by atoms with Gasteiger partial charge < -0.3 is 10.8 Å². The standard InChI is InChI=1S/C10H17N3O/c1-2-5-13-9(3-4-12-13)10(14)6-8(11)7-10/h3-4,8,14H,2,5-7,11H2,1H3. The molecule has 0 aliphatic heterocycles. The van der Waals surface area contributed by atoms with Gasteiger partial charge in [0.15, 0.2) is 0 Å². The summed E-state index contributed by atoms with van der Waals surface area (Å²) in [5.74, 6) is 0. The van der Waals surface area contributed by atoms with E-state index >= 15 is 0 Å². The average Bonchev–Trinajstić information content (AvgIpc) is 2.51. The van der Waals surface area contributed by atoms with Gasteiger partial charge in [-0.2, -0.15) is 5.10 Å². The highest BCUT2D eigenvalue weighted by Crippen LogP contribution is 2.40. The van der Waals surface area contributed by atoms with Crippen molar-refractivity contribution >= 4 is 0 Å². The van der Waals surface area contributed by atoms with Crippen LogP contribution in [0, 0.1) is 0 Å². The van der Waals surface area contributed by atoms with Gasteiger partial charge in [0.25, 0.3) is 0 Å². The third-order valence-corrected chi connectivity index (χ3v) is 2.83. The fourth-order valence-electron chi connectivity index (χ4n) is 2.13. The number of aromatic nitrogens is 2. The van der Waals surface area contributed by atoms with Crippen molar-refractivity contribution in [3.63, 3.8) is 0 Å². The number of aliphatic hydroxyl groups is 1. The van der Waals surface area contributed by atoms with Crippen LogP contribution < -0.4 is 5.73 Å². The average molecular weight is 195 g/mol. The van der Waals surface area contributed by atoms with Gasteiger partial charge in [0.1, 0.15) is 5.60 Å². The number of rotatable bonds is 3. The molecular formula is C10H17N3O. The van der Waals surface area contributed by atoms with Crippen LogP contribution in [0.5, 0.6) is 0 Å². The van der Waals surface area contributed by atoms with Crippen LogP contribution in [-0.2, 0) is 12.1 Å². The lowest BCUT2D eigenvalue weighted by Crippen LogP contribution is -2.50. The third kappa shape index (κ3) is 1.44. The molecule has 0 bridgehead atoms. The zero-order valence-electron chi connectivity index (χ0n) is 8.48. The molecule has 0 aromatic carbocycles. The van der Waals surface area contributed by atoms with E-state index in [1.807, 2.05) is 10.7 Å². The molecule has 0 saturated heterocycles. The quantitative estimate of drug-likeness (QED) is 0.742. The molecule has 0 unspecified atom stereocenters. The van der Waals surface area contributed by atoms with E-state index in [4.69, 9.17) is 5.73 Å². The molecule has 0 radical (unpaired) electrons. The monoisotopic (exact) mass is 195 g/mol. The molecule has 2 rings (SSSR count). The smallest absolute Gasteiger partial charge is 0.109 e. The summed E-state index contributed by atoms with van der Waals surface area (Å²) in [5.41, 5.74) is 5.90. The van der Waals surface area contributed by atoms with Gasteiger partial charge in [-0.15, -0.1) is 0 Å². The van der Waals surface area contributed by atoms with Crippen LogP contribution in [0.1, 0.15) is 31.9 Å². The van der Waals surface area contributed by atoms with Crippen LogP contribution in [0.2, 0.25) is 0 Å². The lowest BCUT2D eigenvalue weighted by Gasteiger charge is -2.41. The van der Waals surface area contributed by atoms with Crippen LogP contribution >= 0.6 is 0 Å². The Morgan fingerprint density at radius 3 is 3.00 bits per heavy atom. The van der Waals surface area contributed by atoms with Gasteiger partial charge in [-0.1, -0.05) is 6.92 Å². The fraction of sp³-hybridized carbons (Fsp3) is 0.700. The molecule has 1 heterocycles. The first-order chi connectivity index (χ1) is 6.65. The maximum atomic E-state index is 10.2. The van der Waals surface area contributed by atoms with Crippen molar-refractivity contribution in [2.24, 2.45) is 5.73 Å². The van der Waals surface area contributed by atoms with Crippen molar-refractivity contribution < 1.29 is 5.11 Å². The van der Waals surface area contributed by atoms with Crippen molar-refractivity contribution in [3.05, 3.63) is 18.0 Å². The van der Waals surface area contributed by atoms with Crippen molar-refractivity contribution in [3.8, 4) is 0 Å². The van der Waals surface area contributed by atoms with Crippen LogP contribution in [-0.4, -0.2) is 20.9 Å². The summed E-state index contributed by atoms with van der Waals surface area (Å²) < 4.78 is 1.88. The van der Waals surface area contributed by atoms with Gasteiger partial charge >= 0.3 is 0 Å². The molecule has 4 nitrogen and oxygen atoms in total. The summed E-state index contributed by atoms with van der Waals surface area (Å²) in [6.07, 6.45) is 4.08. The van der Waals surface area contributed by atoms with Crippen LogP contribution in [0.15, 0.2) is 12.3 Å². The second kappa shape index (κ2) is 3.37. The molecule has 1 saturated carbocycles. The number of nitrogens with zero attached hydrogens (tertiary/aromatic N) is 2. The Morgan fingerprint density at radius 1 is 1.71 bits per heavy atom. The Hall–Kier alpha value is -0.870. The summed E-state index contributed by atoms with van der Waals surface area (Å²) in [5, 5.41) is 14.4. The number of nitrogens with two attached hydrogens (primary N) is 1. The van der Waals surface area contributed by atoms with Crippen LogP contribution in [0.3, 0.4) is 0 Å². The summed E-state index contributed by atoms with van der Waals surface area (Å²) in [4.78, 5) is 0. The molecule has 0 amide bonds. The van der Waals surface area contributed by atoms with Gasteiger partial charge in [-0.25, -0.2) is 0 Å². The predicted molar refractivity (Wildman–Crippen MR) is 53.6 cm³/mol. The molecular weight excluding hydrogens is 178 g/mol. The molecule has 1 aliphatic rings. The molecule has 3 N–H and O–H groups in total. The maximum absolute atomic E-state index is 10.2. The van der Waals surface area contributed by atoms with E-state index in [1.54, 1.807) is 6.20 Å². The van der Waals surface area contributed by atoms with Gasteiger partial charge in [0.2, 0.25) is 0 Å². The first kappa shape index (κ1) is 9.68. The van der Waals surface area contributed by atoms with E-state index in [2.05, 4.69) is 12.0 Å². The second-order valence-electron chi connectivity index (χ2n) is 4.14. The van der Waals surface area contributed by atoms with Crippen molar-refractivity contribution in [2.45, 2.75) is 44.4 Å². The number of aryl methyl sites for hydroxylation is 1. The SMILES string of the molecule is CCCn1nccc1C1(O)CC(N)C1. The lowest BCUT2D eigenvalue weighted by atomic mass is 9.74. The van der Waals surface area contributed by atoms with Gasteiger partial charge in [0, 0.05) is 18.8 Å². The van der Waals surface area contributed by atoms with Crippen molar-refractivity contribution in [1.29, 1.82) is 0 Å². The summed E-state index contributed by atoms with van der Waals surface area (Å²) in [7, 11) is 0. The lowest BCUT2D eigenvalue weighted by molar-refractivity contribution is -0.0594. The molecule has 1 aromatic heterocycles. The van der Waals surface area contributed by atoms with Crippen molar-refractivity contribution in [2.75, 3.05) is 0 Å². The molecule has 14 heavy (non-hydrogen) atoms. The molecule has 78 valence electrons. The Kier molecular flexibility index (Phi) is 2.33. The highest BCUT2D eigenvalue weighted by Gasteiger charge is 2.44. The molecule has 4 heteroatoms. The van der Waals surface area contributed by atoms with Gasteiger partial charge in [0.05, 0.1) is 5.69 Å². The highest BCUT2D eigenvalue weighted by atomic mass is 16.3. The molecule has 1 fully saturated rings. The van der Waals surface area contributed by atoms with Crippen LogP contribution in [0.25, 0.3) is 0 Å². The Labute approximate surface area is 83.7 Å². The molecule has 0 atom stereocenters. The first-order valence-corrected chi connectivity index (χ1v) is 5.16. The third-order valence-electron chi connectivity index (χ3n) is 2.83. The molecule has 1 aromatic rings. The fourth-order valence-corrected chi connectivity index (χ4v) is 2.13. The van der Waals surface area contributed by atoms with Crippen LogP contribution in [0.4, 0.5) is 0 Å². The second-order valence-corrected chi connectivity index (χ2v) is 4.14. The summed E-state index contributed by atoms with van der Waals surface area (Å²) in [6, 6.07) is 2.03. The summed E-state index contributed by atoms with van der Waals surface area (Å²) >= 11 is 0. The molecule has 0 spiro atoms. The maximum Gasteiger partial charge on any atom is 0.109 e. The normalized spacial score (nSPS) is 31.5. The summed E-state index contributed by atoms with van der Waals surface area (Å²) in [6.45, 7) is 2.96. The zero-order chi connectivity index (χ0) is 10.2. The Bertz CT molecular complexity index is 315. The zero-order valence-corrected chi connectivity index (χ0v) is 8.48. The highest BCUT2D eigenvalue weighted by molar-refractivity contribution is 5.17. The minimum Gasteiger partial charge on any atom is -0.383 e. The van der Waals surface area contributed by atoms with E-state index in [9.17, 15) is 5.11 Å². The Morgan fingerprint density at radius 2 is 2.43 bits per heavy atom. The van der Waals surface area contributed by atoms with E-state index in [0.717, 1.165) is 18.7 Å².